The molecule has 21 heavy (non-hydrogen) atoms. The number of hydrogen-bond acceptors (Lipinski definition) is 3. The van der Waals surface area contributed by atoms with E-state index in [4.69, 9.17) is 14.6 Å². The van der Waals surface area contributed by atoms with E-state index in [0.717, 1.165) is 17.1 Å². The van der Waals surface area contributed by atoms with E-state index in [1.165, 1.54) is 31.2 Å². The maximum Gasteiger partial charge on any atom is 0.175 e. The van der Waals surface area contributed by atoms with Gasteiger partial charge in [0, 0.05) is 5.56 Å². The van der Waals surface area contributed by atoms with Gasteiger partial charge in [-0.15, -0.1) is 0 Å². The summed E-state index contributed by atoms with van der Waals surface area (Å²) >= 11 is 3.55. The summed E-state index contributed by atoms with van der Waals surface area (Å²) in [5.74, 6) is 1.36. The second kappa shape index (κ2) is 8.01. The molecular formula is C16H25BrNO3+. The minimum atomic E-state index is -0.258. The monoisotopic (exact) mass is 358 g/mol. The molecule has 0 aromatic heterocycles. The number of aliphatic hydroxyl groups is 1. The third kappa shape index (κ3) is 4.59. The summed E-state index contributed by atoms with van der Waals surface area (Å²) in [5.41, 5.74) is 1.22. The van der Waals surface area contributed by atoms with Crippen LogP contribution < -0.4 is 14.8 Å². The Kier molecular flexibility index (Phi) is 6.33. The van der Waals surface area contributed by atoms with Crippen LogP contribution in [0.25, 0.3) is 0 Å². The van der Waals surface area contributed by atoms with E-state index in [0.29, 0.717) is 11.5 Å². The highest BCUT2D eigenvalue weighted by Gasteiger charge is 2.19. The number of aliphatic hydroxyl groups excluding tert-OH is 1. The largest absolute Gasteiger partial charge is 0.493 e. The van der Waals surface area contributed by atoms with Gasteiger partial charge in [0.25, 0.3) is 0 Å². The molecule has 1 atom stereocenters. The third-order valence-corrected chi connectivity index (χ3v) is 4.54. The predicted octanol–water partition coefficient (Wildman–Crippen LogP) is 2.22. The van der Waals surface area contributed by atoms with Gasteiger partial charge in [0.1, 0.15) is 12.6 Å². The molecule has 1 fully saturated rings. The van der Waals surface area contributed by atoms with E-state index in [1.807, 2.05) is 13.0 Å². The normalized spacial score (nSPS) is 17.0. The molecule has 0 aliphatic heterocycles. The van der Waals surface area contributed by atoms with Gasteiger partial charge in [0.2, 0.25) is 0 Å². The first kappa shape index (κ1) is 16.6. The third-order valence-electron chi connectivity index (χ3n) is 3.95. The summed E-state index contributed by atoms with van der Waals surface area (Å²) in [6, 6.07) is 4.86. The first-order chi connectivity index (χ1) is 10.1. The van der Waals surface area contributed by atoms with Crippen LogP contribution in [-0.4, -0.2) is 31.0 Å². The zero-order chi connectivity index (χ0) is 15.2. The molecular weight excluding hydrogens is 334 g/mol. The van der Waals surface area contributed by atoms with Gasteiger partial charge in [0.05, 0.1) is 24.2 Å². The van der Waals surface area contributed by atoms with Crippen LogP contribution in [0, 0.1) is 0 Å². The average Bonchev–Trinajstić information content (AvgIpc) is 3.00. The van der Waals surface area contributed by atoms with Gasteiger partial charge in [-0.25, -0.2) is 0 Å². The maximum absolute atomic E-state index is 9.12. The van der Waals surface area contributed by atoms with Crippen LogP contribution in [0.4, 0.5) is 0 Å². The molecule has 4 nitrogen and oxygen atoms in total. The fraction of sp³-hybridized carbons (Fsp3) is 0.625. The van der Waals surface area contributed by atoms with Gasteiger partial charge >= 0.3 is 0 Å². The number of methoxy groups -OCH3 is 1. The quantitative estimate of drug-likeness (QED) is 0.785. The molecule has 1 aliphatic rings. The van der Waals surface area contributed by atoms with Gasteiger partial charge in [-0.3, -0.25) is 0 Å². The smallest absolute Gasteiger partial charge is 0.175 e. The number of halogens is 1. The van der Waals surface area contributed by atoms with Crippen molar-refractivity contribution in [1.82, 2.24) is 0 Å². The van der Waals surface area contributed by atoms with Crippen molar-refractivity contribution in [3.05, 3.63) is 22.2 Å². The SMILES string of the molecule is COc1cc(C[NH2+]C2CCCC2)cc(Br)c1O[C@H](C)CO. The Bertz CT molecular complexity index is 461. The first-order valence-corrected chi connectivity index (χ1v) is 8.40. The number of quaternary nitrogens is 1. The zero-order valence-electron chi connectivity index (χ0n) is 12.8. The van der Waals surface area contributed by atoms with Crippen molar-refractivity contribution in [1.29, 1.82) is 0 Å². The molecule has 2 rings (SSSR count). The van der Waals surface area contributed by atoms with Crippen LogP contribution in [0.1, 0.15) is 38.2 Å². The van der Waals surface area contributed by atoms with Crippen LogP contribution in [0.3, 0.4) is 0 Å². The maximum atomic E-state index is 9.12. The lowest BCUT2D eigenvalue weighted by atomic mass is 10.1. The van der Waals surface area contributed by atoms with E-state index in [-0.39, 0.29) is 12.7 Å². The predicted molar refractivity (Wildman–Crippen MR) is 85.8 cm³/mol. The fourth-order valence-electron chi connectivity index (χ4n) is 2.74. The molecule has 1 aliphatic carbocycles. The van der Waals surface area contributed by atoms with Crippen molar-refractivity contribution in [2.24, 2.45) is 0 Å². The molecule has 0 saturated heterocycles. The molecule has 0 spiro atoms. The Balaban J connectivity index is 2.07. The summed E-state index contributed by atoms with van der Waals surface area (Å²) in [4.78, 5) is 0. The summed E-state index contributed by atoms with van der Waals surface area (Å²) < 4.78 is 12.0. The molecule has 1 aromatic carbocycles. The first-order valence-electron chi connectivity index (χ1n) is 7.61. The van der Waals surface area contributed by atoms with Crippen molar-refractivity contribution in [3.63, 3.8) is 0 Å². The lowest BCUT2D eigenvalue weighted by Crippen LogP contribution is -2.87. The van der Waals surface area contributed by atoms with Crippen LogP contribution in [0.2, 0.25) is 0 Å². The Morgan fingerprint density at radius 2 is 2.10 bits per heavy atom. The Morgan fingerprint density at radius 3 is 2.71 bits per heavy atom. The van der Waals surface area contributed by atoms with Gasteiger partial charge in [0.15, 0.2) is 11.5 Å². The molecule has 0 amide bonds. The minimum absolute atomic E-state index is 0.0210. The molecule has 1 aromatic rings. The molecule has 118 valence electrons. The number of nitrogens with two attached hydrogens (primary N) is 1. The molecule has 0 unspecified atom stereocenters. The topological polar surface area (TPSA) is 55.3 Å². The second-order valence-corrected chi connectivity index (χ2v) is 6.56. The van der Waals surface area contributed by atoms with Crippen LogP contribution in [0.15, 0.2) is 16.6 Å². The Hall–Kier alpha value is -0.780. The number of rotatable bonds is 7. The van der Waals surface area contributed by atoms with E-state index >= 15 is 0 Å². The van der Waals surface area contributed by atoms with E-state index in [1.54, 1.807) is 7.11 Å². The van der Waals surface area contributed by atoms with Crippen molar-refractivity contribution in [2.45, 2.75) is 51.3 Å². The zero-order valence-corrected chi connectivity index (χ0v) is 14.4. The van der Waals surface area contributed by atoms with Gasteiger partial charge in [-0.1, -0.05) is 0 Å². The van der Waals surface area contributed by atoms with Crippen molar-refractivity contribution in [2.75, 3.05) is 13.7 Å². The summed E-state index contributed by atoms with van der Waals surface area (Å²) in [6.07, 6.45) is 5.12. The number of benzene rings is 1. The van der Waals surface area contributed by atoms with E-state index < -0.39 is 0 Å². The molecule has 3 N–H and O–H groups in total. The summed E-state index contributed by atoms with van der Waals surface area (Å²) in [5, 5.41) is 11.5. The summed E-state index contributed by atoms with van der Waals surface area (Å²) in [7, 11) is 1.64. The summed E-state index contributed by atoms with van der Waals surface area (Å²) in [6.45, 7) is 2.76. The van der Waals surface area contributed by atoms with Crippen LogP contribution in [-0.2, 0) is 6.54 Å². The van der Waals surface area contributed by atoms with Crippen LogP contribution >= 0.6 is 15.9 Å². The number of ether oxygens (including phenoxy) is 2. The van der Waals surface area contributed by atoms with E-state index in [2.05, 4.69) is 27.3 Å². The lowest BCUT2D eigenvalue weighted by Gasteiger charge is -2.18. The molecule has 1 saturated carbocycles. The van der Waals surface area contributed by atoms with Gasteiger partial charge in [-0.05, 0) is 60.7 Å². The van der Waals surface area contributed by atoms with Crippen molar-refractivity contribution < 1.29 is 19.9 Å². The Labute approximate surface area is 135 Å². The highest BCUT2D eigenvalue weighted by atomic mass is 79.9. The lowest BCUT2D eigenvalue weighted by molar-refractivity contribution is -0.703. The fourth-order valence-corrected chi connectivity index (χ4v) is 3.32. The van der Waals surface area contributed by atoms with Crippen LogP contribution in [0.5, 0.6) is 11.5 Å². The van der Waals surface area contributed by atoms with Gasteiger partial charge < -0.3 is 19.9 Å². The highest BCUT2D eigenvalue weighted by molar-refractivity contribution is 9.10. The average molecular weight is 359 g/mol. The molecule has 0 radical (unpaired) electrons. The van der Waals surface area contributed by atoms with Crippen molar-refractivity contribution in [3.8, 4) is 11.5 Å². The van der Waals surface area contributed by atoms with Gasteiger partial charge in [-0.2, -0.15) is 0 Å². The van der Waals surface area contributed by atoms with Crippen molar-refractivity contribution >= 4 is 15.9 Å². The number of hydrogen-bond donors (Lipinski definition) is 2. The Morgan fingerprint density at radius 1 is 1.38 bits per heavy atom. The minimum Gasteiger partial charge on any atom is -0.493 e. The highest BCUT2D eigenvalue weighted by Crippen LogP contribution is 2.37. The molecule has 0 bridgehead atoms. The second-order valence-electron chi connectivity index (χ2n) is 5.70. The van der Waals surface area contributed by atoms with E-state index in [9.17, 15) is 0 Å². The molecule has 5 heteroatoms. The standard InChI is InChI=1S/C16H24BrNO3/c1-11(10-19)21-16-14(17)7-12(8-15(16)20-2)9-18-13-5-3-4-6-13/h7-8,11,13,18-19H,3-6,9-10H2,1-2H3/p+1/t11-/m1/s1. The molecule has 0 heterocycles.